The second-order valence-corrected chi connectivity index (χ2v) is 8.02. The maximum atomic E-state index is 12.7. The number of piperazine rings is 1. The molecule has 6 heteroatoms. The van der Waals surface area contributed by atoms with Crippen molar-refractivity contribution in [1.82, 2.24) is 20.3 Å². The minimum atomic E-state index is -0.461. The third-order valence-corrected chi connectivity index (χ3v) is 4.95. The molecule has 1 aliphatic rings. The number of aromatic amines is 1. The smallest absolute Gasteiger partial charge is 0.171 e. The van der Waals surface area contributed by atoms with Gasteiger partial charge < -0.3 is 15.2 Å². The first-order valence-electron chi connectivity index (χ1n) is 9.38. The van der Waals surface area contributed by atoms with Gasteiger partial charge in [0.25, 0.3) is 0 Å². The average Bonchev–Trinajstić information content (AvgIpc) is 3.10. The van der Waals surface area contributed by atoms with Gasteiger partial charge in [0.2, 0.25) is 0 Å². The summed E-state index contributed by atoms with van der Waals surface area (Å²) in [6.45, 7) is 9.82. The molecule has 6 nitrogen and oxygen atoms in total. The number of ketones is 1. The summed E-state index contributed by atoms with van der Waals surface area (Å²) in [5.41, 5.74) is 4.42. The number of aromatic nitrogens is 3. The fraction of sp³-hybridized carbons (Fsp3) is 0.381. The van der Waals surface area contributed by atoms with E-state index in [1.54, 1.807) is 12.4 Å². The van der Waals surface area contributed by atoms with Crippen molar-refractivity contribution in [3.05, 3.63) is 42.2 Å². The van der Waals surface area contributed by atoms with Gasteiger partial charge in [-0.1, -0.05) is 32.9 Å². The second-order valence-electron chi connectivity index (χ2n) is 8.02. The monoisotopic (exact) mass is 363 g/mol. The van der Waals surface area contributed by atoms with E-state index in [1.807, 2.05) is 20.8 Å². The summed E-state index contributed by atoms with van der Waals surface area (Å²) < 4.78 is 0. The highest BCUT2D eigenvalue weighted by Gasteiger charge is 2.26. The number of fused-ring (bicyclic) bond motifs is 1. The van der Waals surface area contributed by atoms with Crippen LogP contribution in [0, 0.1) is 5.41 Å². The number of anilines is 1. The maximum absolute atomic E-state index is 12.7. The second kappa shape index (κ2) is 6.78. The molecule has 2 aromatic heterocycles. The Morgan fingerprint density at radius 2 is 1.81 bits per heavy atom. The van der Waals surface area contributed by atoms with Gasteiger partial charge in [-0.2, -0.15) is 0 Å². The number of hydrogen-bond donors (Lipinski definition) is 2. The van der Waals surface area contributed by atoms with Gasteiger partial charge >= 0.3 is 0 Å². The molecular weight excluding hydrogens is 338 g/mol. The lowest BCUT2D eigenvalue weighted by Gasteiger charge is -2.29. The van der Waals surface area contributed by atoms with Crippen molar-refractivity contribution in [1.29, 1.82) is 0 Å². The van der Waals surface area contributed by atoms with Gasteiger partial charge in [0.1, 0.15) is 5.52 Å². The molecule has 0 atom stereocenters. The number of carbonyl (C=O) groups is 1. The molecule has 3 aromatic rings. The largest absolute Gasteiger partial charge is 0.369 e. The molecule has 1 aliphatic heterocycles. The molecular formula is C21H25N5O. The first-order valence-corrected chi connectivity index (χ1v) is 9.38. The highest BCUT2D eigenvalue weighted by molar-refractivity contribution is 6.08. The summed E-state index contributed by atoms with van der Waals surface area (Å²) in [6.07, 6.45) is 3.47. The Morgan fingerprint density at radius 1 is 1.11 bits per heavy atom. The Labute approximate surface area is 159 Å². The minimum Gasteiger partial charge on any atom is -0.369 e. The van der Waals surface area contributed by atoms with E-state index in [1.165, 1.54) is 5.69 Å². The molecule has 140 valence electrons. The third kappa shape index (κ3) is 3.45. The fourth-order valence-corrected chi connectivity index (χ4v) is 3.37. The molecule has 1 saturated heterocycles. The SMILES string of the molecule is CC(C)(C)C(=O)c1c[nH]c2ncc(-c3ccc(N4CCNCC4)cc3)nc12. The Kier molecular flexibility index (Phi) is 4.44. The Morgan fingerprint density at radius 3 is 2.48 bits per heavy atom. The van der Waals surface area contributed by atoms with Gasteiger partial charge in [-0.3, -0.25) is 4.79 Å². The van der Waals surface area contributed by atoms with Crippen molar-refractivity contribution in [2.45, 2.75) is 20.8 Å². The van der Waals surface area contributed by atoms with Gasteiger partial charge in [-0.05, 0) is 12.1 Å². The van der Waals surface area contributed by atoms with Crippen LogP contribution in [0.5, 0.6) is 0 Å². The van der Waals surface area contributed by atoms with Crippen molar-refractivity contribution in [3.63, 3.8) is 0 Å². The van der Waals surface area contributed by atoms with Gasteiger partial charge in [0, 0.05) is 49.0 Å². The lowest BCUT2D eigenvalue weighted by Crippen LogP contribution is -2.43. The zero-order valence-corrected chi connectivity index (χ0v) is 16.0. The Hall–Kier alpha value is -2.73. The quantitative estimate of drug-likeness (QED) is 0.699. The fourth-order valence-electron chi connectivity index (χ4n) is 3.37. The van der Waals surface area contributed by atoms with E-state index in [2.05, 4.69) is 44.5 Å². The standard InChI is InChI=1S/C21H25N5O/c1-21(2,3)19(27)16-12-23-20-18(16)25-17(13-24-20)14-4-6-15(7-5-14)26-10-8-22-9-11-26/h4-7,12-13,22H,8-11H2,1-3H3,(H,23,24). The highest BCUT2D eigenvalue weighted by atomic mass is 16.1. The summed E-state index contributed by atoms with van der Waals surface area (Å²) in [5.74, 6) is 0.0641. The number of benzene rings is 1. The normalized spacial score (nSPS) is 15.3. The number of rotatable bonds is 3. The van der Waals surface area contributed by atoms with Crippen LogP contribution in [0.1, 0.15) is 31.1 Å². The molecule has 0 radical (unpaired) electrons. The molecule has 0 amide bonds. The van der Waals surface area contributed by atoms with E-state index in [0.29, 0.717) is 16.7 Å². The topological polar surface area (TPSA) is 73.9 Å². The average molecular weight is 363 g/mol. The Balaban J connectivity index is 1.66. The van der Waals surface area contributed by atoms with Crippen molar-refractivity contribution >= 4 is 22.6 Å². The molecule has 0 unspecified atom stereocenters. The van der Waals surface area contributed by atoms with Gasteiger partial charge in [-0.15, -0.1) is 0 Å². The molecule has 0 spiro atoms. The van der Waals surface area contributed by atoms with Crippen molar-refractivity contribution < 1.29 is 4.79 Å². The van der Waals surface area contributed by atoms with E-state index in [9.17, 15) is 4.79 Å². The summed E-state index contributed by atoms with van der Waals surface area (Å²) >= 11 is 0. The van der Waals surface area contributed by atoms with Crippen LogP contribution in [0.4, 0.5) is 5.69 Å². The van der Waals surface area contributed by atoms with Gasteiger partial charge in [0.15, 0.2) is 11.4 Å². The maximum Gasteiger partial charge on any atom is 0.171 e. The van der Waals surface area contributed by atoms with E-state index >= 15 is 0 Å². The number of nitrogens with zero attached hydrogens (tertiary/aromatic N) is 3. The summed E-state index contributed by atoms with van der Waals surface area (Å²) in [6, 6.07) is 8.41. The molecule has 2 N–H and O–H groups in total. The first kappa shape index (κ1) is 17.7. The number of carbonyl (C=O) groups excluding carboxylic acids is 1. The number of H-pyrrole nitrogens is 1. The van der Waals surface area contributed by atoms with E-state index < -0.39 is 5.41 Å². The minimum absolute atomic E-state index is 0.0641. The van der Waals surface area contributed by atoms with Crippen molar-refractivity contribution in [2.75, 3.05) is 31.1 Å². The number of hydrogen-bond acceptors (Lipinski definition) is 5. The highest BCUT2D eigenvalue weighted by Crippen LogP contribution is 2.27. The van der Waals surface area contributed by atoms with Crippen LogP contribution in [0.15, 0.2) is 36.7 Å². The third-order valence-electron chi connectivity index (χ3n) is 4.95. The van der Waals surface area contributed by atoms with Gasteiger partial charge in [-0.25, -0.2) is 9.97 Å². The van der Waals surface area contributed by atoms with Crippen LogP contribution in [-0.2, 0) is 0 Å². The van der Waals surface area contributed by atoms with Crippen LogP contribution in [0.3, 0.4) is 0 Å². The molecule has 1 fully saturated rings. The van der Waals surface area contributed by atoms with Crippen LogP contribution >= 0.6 is 0 Å². The van der Waals surface area contributed by atoms with Crippen LogP contribution in [0.25, 0.3) is 22.4 Å². The molecule has 1 aromatic carbocycles. The van der Waals surface area contributed by atoms with Crippen molar-refractivity contribution in [2.24, 2.45) is 5.41 Å². The van der Waals surface area contributed by atoms with E-state index in [0.717, 1.165) is 37.4 Å². The predicted molar refractivity (Wildman–Crippen MR) is 108 cm³/mol. The van der Waals surface area contributed by atoms with Crippen LogP contribution < -0.4 is 10.2 Å². The zero-order chi connectivity index (χ0) is 19.0. The number of Topliss-reactive ketones (excluding diaryl/α,β-unsaturated/α-hetero) is 1. The summed E-state index contributed by atoms with van der Waals surface area (Å²) in [4.78, 5) is 27.4. The zero-order valence-electron chi connectivity index (χ0n) is 16.0. The lowest BCUT2D eigenvalue weighted by atomic mass is 9.87. The molecule has 3 heterocycles. The molecule has 4 rings (SSSR count). The van der Waals surface area contributed by atoms with Crippen LogP contribution in [0.2, 0.25) is 0 Å². The van der Waals surface area contributed by atoms with E-state index in [4.69, 9.17) is 4.98 Å². The lowest BCUT2D eigenvalue weighted by molar-refractivity contribution is 0.0860. The Bertz CT molecular complexity index is 962. The summed E-state index contributed by atoms with van der Waals surface area (Å²) in [5, 5.41) is 3.37. The number of nitrogens with one attached hydrogen (secondary N) is 2. The van der Waals surface area contributed by atoms with Gasteiger partial charge in [0.05, 0.1) is 17.5 Å². The molecule has 0 bridgehead atoms. The molecule has 0 aliphatic carbocycles. The summed E-state index contributed by atoms with van der Waals surface area (Å²) in [7, 11) is 0. The van der Waals surface area contributed by atoms with Crippen LogP contribution in [-0.4, -0.2) is 46.9 Å². The molecule has 27 heavy (non-hydrogen) atoms. The molecule has 0 saturated carbocycles. The van der Waals surface area contributed by atoms with Crippen molar-refractivity contribution in [3.8, 4) is 11.3 Å². The first-order chi connectivity index (χ1) is 12.9. The predicted octanol–water partition coefficient (Wildman–Crippen LogP) is 3.26. The van der Waals surface area contributed by atoms with E-state index in [-0.39, 0.29) is 5.78 Å².